The molecule has 7 aromatic rings. The minimum absolute atomic E-state index is 0.109. The van der Waals surface area contributed by atoms with E-state index in [4.69, 9.17) is 4.98 Å². The molecular formula is C31H22N4. The van der Waals surface area contributed by atoms with Gasteiger partial charge < -0.3 is 9.47 Å². The second kappa shape index (κ2) is 6.73. The van der Waals surface area contributed by atoms with Gasteiger partial charge in [-0.1, -0.05) is 72.8 Å². The molecule has 1 atom stereocenters. The van der Waals surface area contributed by atoms with E-state index in [2.05, 4.69) is 130 Å². The van der Waals surface area contributed by atoms with Crippen LogP contribution in [0.2, 0.25) is 0 Å². The maximum absolute atomic E-state index is 5.36. The highest BCUT2D eigenvalue weighted by atomic mass is 15.3. The van der Waals surface area contributed by atoms with Crippen LogP contribution >= 0.6 is 0 Å². The zero-order chi connectivity index (χ0) is 23.1. The summed E-state index contributed by atoms with van der Waals surface area (Å²) in [7, 11) is 2.19. The summed E-state index contributed by atoms with van der Waals surface area (Å²) in [5.74, 6) is 1.01. The van der Waals surface area contributed by atoms with E-state index in [1.165, 1.54) is 49.7 Å². The molecule has 0 amide bonds. The fraction of sp³-hybridized carbons (Fsp3) is 0.0645. The van der Waals surface area contributed by atoms with E-state index in [1.807, 2.05) is 0 Å². The number of para-hydroxylation sites is 4. The maximum Gasteiger partial charge on any atom is 0.166 e. The Balaban J connectivity index is 1.56. The predicted molar refractivity (Wildman–Crippen MR) is 144 cm³/mol. The van der Waals surface area contributed by atoms with Crippen LogP contribution in [0.4, 0.5) is 5.69 Å². The minimum atomic E-state index is -0.109. The first-order valence-electron chi connectivity index (χ1n) is 12.0. The molecule has 35 heavy (non-hydrogen) atoms. The summed E-state index contributed by atoms with van der Waals surface area (Å²) in [6, 6.07) is 39.1. The van der Waals surface area contributed by atoms with Crippen LogP contribution in [0.3, 0.4) is 0 Å². The molecule has 3 aromatic heterocycles. The van der Waals surface area contributed by atoms with Crippen molar-refractivity contribution in [3.05, 3.63) is 115 Å². The molecule has 0 saturated heterocycles. The molecular weight excluding hydrogens is 428 g/mol. The quantitative estimate of drug-likeness (QED) is 0.263. The van der Waals surface area contributed by atoms with Crippen molar-refractivity contribution in [1.82, 2.24) is 14.0 Å². The molecule has 4 nitrogen and oxygen atoms in total. The number of hydrogen-bond donors (Lipinski definition) is 0. The third-order valence-electron chi connectivity index (χ3n) is 7.51. The molecule has 0 radical (unpaired) electrons. The lowest BCUT2D eigenvalue weighted by atomic mass is 10.0. The molecule has 1 unspecified atom stereocenters. The predicted octanol–water partition coefficient (Wildman–Crippen LogP) is 7.26. The summed E-state index contributed by atoms with van der Waals surface area (Å²) in [4.78, 5) is 7.73. The Morgan fingerprint density at radius 1 is 0.657 bits per heavy atom. The SMILES string of the molecule is CN1c2ccccc2-c2cc3ccccc3n2C1c1nc2ccccc2c2cc3ccccc3n12. The van der Waals surface area contributed by atoms with Gasteiger partial charge in [-0.2, -0.15) is 0 Å². The highest BCUT2D eigenvalue weighted by Crippen LogP contribution is 2.45. The molecule has 4 heteroatoms. The zero-order valence-corrected chi connectivity index (χ0v) is 19.3. The van der Waals surface area contributed by atoms with E-state index >= 15 is 0 Å². The summed E-state index contributed by atoms with van der Waals surface area (Å²) in [6.45, 7) is 0. The van der Waals surface area contributed by atoms with Gasteiger partial charge in [0.1, 0.15) is 0 Å². The van der Waals surface area contributed by atoms with Crippen molar-refractivity contribution in [3.63, 3.8) is 0 Å². The highest BCUT2D eigenvalue weighted by Gasteiger charge is 2.34. The van der Waals surface area contributed by atoms with Crippen molar-refractivity contribution < 1.29 is 0 Å². The molecule has 0 N–H and O–H groups in total. The van der Waals surface area contributed by atoms with Crippen LogP contribution in [0.15, 0.2) is 109 Å². The first-order chi connectivity index (χ1) is 17.3. The minimum Gasteiger partial charge on any atom is -0.347 e. The third-order valence-corrected chi connectivity index (χ3v) is 7.51. The van der Waals surface area contributed by atoms with Crippen LogP contribution in [-0.4, -0.2) is 21.0 Å². The van der Waals surface area contributed by atoms with Gasteiger partial charge in [0.15, 0.2) is 12.0 Å². The second-order valence-corrected chi connectivity index (χ2v) is 9.37. The van der Waals surface area contributed by atoms with Crippen LogP contribution in [0.5, 0.6) is 0 Å². The van der Waals surface area contributed by atoms with Crippen molar-refractivity contribution in [1.29, 1.82) is 0 Å². The number of hydrogen-bond acceptors (Lipinski definition) is 2. The molecule has 1 aliphatic heterocycles. The Hall–Kier alpha value is -4.57. The molecule has 0 aliphatic carbocycles. The van der Waals surface area contributed by atoms with Crippen LogP contribution in [-0.2, 0) is 0 Å². The average molecular weight is 451 g/mol. The summed E-state index contributed by atoms with van der Waals surface area (Å²) < 4.78 is 4.83. The molecule has 4 aromatic carbocycles. The van der Waals surface area contributed by atoms with Gasteiger partial charge in [0.2, 0.25) is 0 Å². The topological polar surface area (TPSA) is 25.5 Å². The van der Waals surface area contributed by atoms with Crippen LogP contribution in [0.25, 0.3) is 49.5 Å². The Kier molecular flexibility index (Phi) is 3.62. The Morgan fingerprint density at radius 3 is 2.23 bits per heavy atom. The van der Waals surface area contributed by atoms with Crippen LogP contribution in [0.1, 0.15) is 12.0 Å². The van der Waals surface area contributed by atoms with E-state index < -0.39 is 0 Å². The molecule has 8 rings (SSSR count). The second-order valence-electron chi connectivity index (χ2n) is 9.37. The molecule has 1 aliphatic rings. The molecule has 0 saturated carbocycles. The standard InChI is InChI=1S/C31H22N4/c1-33-27-17-9-5-13-23(27)29-19-21-11-3-8-16-26(21)35(29)31(33)30-32-24-14-6-4-12-22(24)28-18-20-10-2-7-15-25(20)34(28)30/h2-19,31H,1H3. The molecule has 0 spiro atoms. The zero-order valence-electron chi connectivity index (χ0n) is 19.3. The monoisotopic (exact) mass is 450 g/mol. The van der Waals surface area contributed by atoms with E-state index in [-0.39, 0.29) is 6.17 Å². The average Bonchev–Trinajstić information content (AvgIpc) is 3.49. The van der Waals surface area contributed by atoms with Crippen molar-refractivity contribution in [2.24, 2.45) is 0 Å². The first-order valence-corrected chi connectivity index (χ1v) is 12.0. The number of benzene rings is 4. The van der Waals surface area contributed by atoms with Crippen molar-refractivity contribution in [2.45, 2.75) is 6.17 Å². The smallest absolute Gasteiger partial charge is 0.166 e. The largest absolute Gasteiger partial charge is 0.347 e. The Labute approximate surface area is 202 Å². The number of fused-ring (bicyclic) bond motifs is 10. The van der Waals surface area contributed by atoms with E-state index in [0.29, 0.717) is 0 Å². The number of aromatic nitrogens is 3. The van der Waals surface area contributed by atoms with Gasteiger partial charge in [0.05, 0.1) is 27.8 Å². The number of anilines is 1. The first kappa shape index (κ1) is 18.8. The number of nitrogens with zero attached hydrogens (tertiary/aromatic N) is 4. The van der Waals surface area contributed by atoms with Crippen LogP contribution in [0, 0.1) is 0 Å². The lowest BCUT2D eigenvalue weighted by Crippen LogP contribution is -2.35. The maximum atomic E-state index is 5.36. The summed E-state index contributed by atoms with van der Waals surface area (Å²) in [5, 5.41) is 3.64. The van der Waals surface area contributed by atoms with Gasteiger partial charge >= 0.3 is 0 Å². The van der Waals surface area contributed by atoms with Gasteiger partial charge in [-0.3, -0.25) is 4.40 Å². The molecule has 0 fully saturated rings. The van der Waals surface area contributed by atoms with Gasteiger partial charge in [0, 0.05) is 34.5 Å². The highest BCUT2D eigenvalue weighted by molar-refractivity contribution is 6.01. The fourth-order valence-corrected chi connectivity index (χ4v) is 5.97. The summed E-state index contributed by atoms with van der Waals surface area (Å²) in [6.07, 6.45) is -0.109. The van der Waals surface area contributed by atoms with E-state index in [1.54, 1.807) is 0 Å². The van der Waals surface area contributed by atoms with Crippen LogP contribution < -0.4 is 4.90 Å². The number of rotatable bonds is 1. The van der Waals surface area contributed by atoms with E-state index in [0.717, 1.165) is 11.3 Å². The van der Waals surface area contributed by atoms with Crippen molar-refractivity contribution in [2.75, 3.05) is 11.9 Å². The third kappa shape index (κ3) is 2.43. The molecule has 0 bridgehead atoms. The Morgan fingerprint density at radius 2 is 1.34 bits per heavy atom. The van der Waals surface area contributed by atoms with E-state index in [9.17, 15) is 0 Å². The summed E-state index contributed by atoms with van der Waals surface area (Å²) in [5.41, 5.74) is 8.29. The van der Waals surface area contributed by atoms with Crippen molar-refractivity contribution >= 4 is 43.9 Å². The normalized spacial score (nSPS) is 15.2. The Bertz CT molecular complexity index is 1940. The lowest BCUT2D eigenvalue weighted by Gasteiger charge is -2.38. The lowest BCUT2D eigenvalue weighted by molar-refractivity contribution is 0.551. The summed E-state index contributed by atoms with van der Waals surface area (Å²) >= 11 is 0. The van der Waals surface area contributed by atoms with Gasteiger partial charge in [0.25, 0.3) is 0 Å². The van der Waals surface area contributed by atoms with Gasteiger partial charge in [-0.15, -0.1) is 0 Å². The van der Waals surface area contributed by atoms with Gasteiger partial charge in [-0.25, -0.2) is 4.98 Å². The van der Waals surface area contributed by atoms with Gasteiger partial charge in [-0.05, 0) is 36.4 Å². The molecule has 166 valence electrons. The fourth-order valence-electron chi connectivity index (χ4n) is 5.97. The van der Waals surface area contributed by atoms with Crippen molar-refractivity contribution in [3.8, 4) is 11.3 Å². The molecule has 4 heterocycles.